The summed E-state index contributed by atoms with van der Waals surface area (Å²) in [5.74, 6) is 3.64. The minimum absolute atomic E-state index is 0.269. The molecule has 0 saturated carbocycles. The van der Waals surface area contributed by atoms with Crippen LogP contribution in [-0.4, -0.2) is 16.0 Å². The van der Waals surface area contributed by atoms with Crippen molar-refractivity contribution in [1.82, 2.24) is 9.97 Å². The molecule has 1 aliphatic carbocycles. The van der Waals surface area contributed by atoms with E-state index >= 15 is 0 Å². The molecular weight excluding hydrogens is 198 g/mol. The van der Waals surface area contributed by atoms with E-state index in [9.17, 15) is 0 Å². The van der Waals surface area contributed by atoms with Gasteiger partial charge in [0.15, 0.2) is 0 Å². The third-order valence-electron chi connectivity index (χ3n) is 2.93. The SMILES string of the molecule is C#CCC(C)Nc1ncnc2c1CCCC2. The van der Waals surface area contributed by atoms with E-state index < -0.39 is 0 Å². The molecule has 1 heterocycles. The van der Waals surface area contributed by atoms with E-state index in [0.29, 0.717) is 0 Å². The van der Waals surface area contributed by atoms with E-state index in [2.05, 4.69) is 28.1 Å². The van der Waals surface area contributed by atoms with E-state index in [-0.39, 0.29) is 6.04 Å². The van der Waals surface area contributed by atoms with Crippen LogP contribution in [0.15, 0.2) is 6.33 Å². The number of anilines is 1. The Morgan fingerprint density at radius 1 is 1.44 bits per heavy atom. The zero-order valence-electron chi connectivity index (χ0n) is 9.66. The predicted molar refractivity (Wildman–Crippen MR) is 65.2 cm³/mol. The largest absolute Gasteiger partial charge is 0.366 e. The van der Waals surface area contributed by atoms with Gasteiger partial charge in [0, 0.05) is 23.7 Å². The highest BCUT2D eigenvalue weighted by molar-refractivity contribution is 5.47. The summed E-state index contributed by atoms with van der Waals surface area (Å²) in [5, 5.41) is 3.38. The summed E-state index contributed by atoms with van der Waals surface area (Å²) in [6, 6.07) is 0.269. The monoisotopic (exact) mass is 215 g/mol. The predicted octanol–water partition coefficient (Wildman–Crippen LogP) is 2.18. The van der Waals surface area contributed by atoms with Crippen LogP contribution in [0, 0.1) is 12.3 Å². The fourth-order valence-corrected chi connectivity index (χ4v) is 2.11. The van der Waals surface area contributed by atoms with Crippen LogP contribution in [-0.2, 0) is 12.8 Å². The number of hydrogen-bond acceptors (Lipinski definition) is 3. The minimum Gasteiger partial charge on any atom is -0.366 e. The molecule has 1 aliphatic rings. The van der Waals surface area contributed by atoms with Crippen LogP contribution in [0.3, 0.4) is 0 Å². The number of nitrogens with one attached hydrogen (secondary N) is 1. The second kappa shape index (κ2) is 4.98. The molecule has 0 spiro atoms. The van der Waals surface area contributed by atoms with E-state index in [1.807, 2.05) is 0 Å². The average Bonchev–Trinajstić information content (AvgIpc) is 2.30. The fraction of sp³-hybridized carbons (Fsp3) is 0.538. The quantitative estimate of drug-likeness (QED) is 0.785. The van der Waals surface area contributed by atoms with E-state index in [1.165, 1.54) is 24.1 Å². The van der Waals surface area contributed by atoms with Crippen molar-refractivity contribution in [2.45, 2.75) is 45.1 Å². The maximum atomic E-state index is 5.30. The lowest BCUT2D eigenvalue weighted by Crippen LogP contribution is -2.19. The van der Waals surface area contributed by atoms with Crippen molar-refractivity contribution in [2.24, 2.45) is 0 Å². The van der Waals surface area contributed by atoms with E-state index in [4.69, 9.17) is 6.42 Å². The first-order valence-electron chi connectivity index (χ1n) is 5.84. The maximum Gasteiger partial charge on any atom is 0.133 e. The molecule has 0 radical (unpaired) electrons. The van der Waals surface area contributed by atoms with Crippen molar-refractivity contribution in [3.63, 3.8) is 0 Å². The van der Waals surface area contributed by atoms with Gasteiger partial charge < -0.3 is 5.32 Å². The fourth-order valence-electron chi connectivity index (χ4n) is 2.11. The third-order valence-corrected chi connectivity index (χ3v) is 2.93. The van der Waals surface area contributed by atoms with Crippen molar-refractivity contribution in [3.8, 4) is 12.3 Å². The van der Waals surface area contributed by atoms with Gasteiger partial charge in [0.2, 0.25) is 0 Å². The summed E-state index contributed by atoms with van der Waals surface area (Å²) in [4.78, 5) is 8.67. The lowest BCUT2D eigenvalue weighted by molar-refractivity contribution is 0.660. The Morgan fingerprint density at radius 3 is 3.06 bits per heavy atom. The molecule has 1 aromatic rings. The number of rotatable bonds is 3. The summed E-state index contributed by atoms with van der Waals surface area (Å²) >= 11 is 0. The first-order valence-corrected chi connectivity index (χ1v) is 5.84. The number of aromatic nitrogens is 2. The summed E-state index contributed by atoms with van der Waals surface area (Å²) in [5.41, 5.74) is 2.49. The van der Waals surface area contributed by atoms with Crippen LogP contribution in [0.25, 0.3) is 0 Å². The number of hydrogen-bond donors (Lipinski definition) is 1. The summed E-state index contributed by atoms with van der Waals surface area (Å²) in [6.45, 7) is 2.08. The number of aryl methyl sites for hydroxylation is 1. The molecule has 3 heteroatoms. The molecule has 1 aromatic heterocycles. The Bertz CT molecular complexity index is 406. The summed E-state index contributed by atoms with van der Waals surface area (Å²) in [7, 11) is 0. The second-order valence-corrected chi connectivity index (χ2v) is 4.31. The van der Waals surface area contributed by atoms with Crippen molar-refractivity contribution in [2.75, 3.05) is 5.32 Å². The standard InChI is InChI=1S/C13H17N3/c1-3-6-10(2)16-13-11-7-4-5-8-12(11)14-9-15-13/h1,9-10H,4-8H2,2H3,(H,14,15,16). The minimum atomic E-state index is 0.269. The third kappa shape index (κ3) is 2.33. The van der Waals surface area contributed by atoms with Crippen LogP contribution in [0.4, 0.5) is 5.82 Å². The molecule has 1 atom stereocenters. The molecular formula is C13H17N3. The van der Waals surface area contributed by atoms with Gasteiger partial charge in [0.25, 0.3) is 0 Å². The molecule has 0 bridgehead atoms. The molecule has 0 aliphatic heterocycles. The molecule has 0 fully saturated rings. The van der Waals surface area contributed by atoms with Gasteiger partial charge in [0.05, 0.1) is 0 Å². The highest BCUT2D eigenvalue weighted by atomic mass is 15.0. The lowest BCUT2D eigenvalue weighted by Gasteiger charge is -2.20. The van der Waals surface area contributed by atoms with Gasteiger partial charge in [-0.25, -0.2) is 9.97 Å². The Kier molecular flexibility index (Phi) is 3.40. The van der Waals surface area contributed by atoms with Gasteiger partial charge in [-0.05, 0) is 32.6 Å². The Morgan fingerprint density at radius 2 is 2.25 bits per heavy atom. The van der Waals surface area contributed by atoms with Gasteiger partial charge in [-0.1, -0.05) is 0 Å². The Labute approximate surface area is 96.7 Å². The molecule has 1 unspecified atom stereocenters. The average molecular weight is 215 g/mol. The Hall–Kier alpha value is -1.56. The van der Waals surface area contributed by atoms with Crippen molar-refractivity contribution < 1.29 is 0 Å². The highest BCUT2D eigenvalue weighted by Crippen LogP contribution is 2.24. The van der Waals surface area contributed by atoms with Crippen molar-refractivity contribution in [1.29, 1.82) is 0 Å². The van der Waals surface area contributed by atoms with Crippen LogP contribution >= 0.6 is 0 Å². The van der Waals surface area contributed by atoms with Gasteiger partial charge in [-0.2, -0.15) is 0 Å². The topological polar surface area (TPSA) is 37.8 Å². The van der Waals surface area contributed by atoms with Crippen LogP contribution in [0.5, 0.6) is 0 Å². The molecule has 2 rings (SSSR count). The first kappa shape index (κ1) is 10.9. The van der Waals surface area contributed by atoms with Gasteiger partial charge >= 0.3 is 0 Å². The van der Waals surface area contributed by atoms with Gasteiger partial charge in [-0.15, -0.1) is 12.3 Å². The maximum absolute atomic E-state index is 5.30. The normalized spacial score (nSPS) is 16.0. The van der Waals surface area contributed by atoms with Crippen molar-refractivity contribution in [3.05, 3.63) is 17.6 Å². The van der Waals surface area contributed by atoms with Crippen molar-refractivity contribution >= 4 is 5.82 Å². The van der Waals surface area contributed by atoms with Crippen LogP contribution in [0.2, 0.25) is 0 Å². The highest BCUT2D eigenvalue weighted by Gasteiger charge is 2.16. The second-order valence-electron chi connectivity index (χ2n) is 4.31. The zero-order valence-corrected chi connectivity index (χ0v) is 9.66. The molecule has 16 heavy (non-hydrogen) atoms. The smallest absolute Gasteiger partial charge is 0.133 e. The molecule has 0 saturated heterocycles. The molecule has 1 N–H and O–H groups in total. The van der Waals surface area contributed by atoms with E-state index in [0.717, 1.165) is 25.1 Å². The Balaban J connectivity index is 2.18. The van der Waals surface area contributed by atoms with Crippen LogP contribution < -0.4 is 5.32 Å². The molecule has 0 amide bonds. The molecule has 0 aromatic carbocycles. The molecule has 3 nitrogen and oxygen atoms in total. The molecule has 84 valence electrons. The lowest BCUT2D eigenvalue weighted by atomic mass is 9.96. The number of fused-ring (bicyclic) bond motifs is 1. The number of nitrogens with zero attached hydrogens (tertiary/aromatic N) is 2. The van der Waals surface area contributed by atoms with Crippen LogP contribution in [0.1, 0.15) is 37.4 Å². The summed E-state index contributed by atoms with van der Waals surface area (Å²) in [6.07, 6.45) is 12.3. The summed E-state index contributed by atoms with van der Waals surface area (Å²) < 4.78 is 0. The van der Waals surface area contributed by atoms with Gasteiger partial charge in [0.1, 0.15) is 12.1 Å². The number of terminal acetylenes is 1. The van der Waals surface area contributed by atoms with Gasteiger partial charge in [-0.3, -0.25) is 0 Å². The van der Waals surface area contributed by atoms with E-state index in [1.54, 1.807) is 6.33 Å². The first-order chi connectivity index (χ1) is 7.81. The zero-order chi connectivity index (χ0) is 11.4.